The van der Waals surface area contributed by atoms with Gasteiger partial charge in [-0.1, -0.05) is 17.3 Å². The number of hydrogen-bond donors (Lipinski definition) is 2. The standard InChI is InChI=1S/C15H20FN5O.HI/c1-9-5-6-12(7-13(9)16)10(2)19-15(17-4)18-8-14-20-11(3)22-21-14;/h5-7,10H,8H2,1-4H3,(H2,17,18,19);1H. The molecule has 8 heteroatoms. The summed E-state index contributed by atoms with van der Waals surface area (Å²) >= 11 is 0. The number of aromatic nitrogens is 2. The molecule has 0 amide bonds. The average Bonchev–Trinajstić information content (AvgIpc) is 2.91. The molecule has 0 aliphatic rings. The fourth-order valence-electron chi connectivity index (χ4n) is 1.94. The summed E-state index contributed by atoms with van der Waals surface area (Å²) in [4.78, 5) is 8.23. The minimum Gasteiger partial charge on any atom is -0.350 e. The highest BCUT2D eigenvalue weighted by molar-refractivity contribution is 14.0. The Morgan fingerprint density at radius 3 is 2.70 bits per heavy atom. The van der Waals surface area contributed by atoms with E-state index in [0.717, 1.165) is 5.56 Å². The summed E-state index contributed by atoms with van der Waals surface area (Å²) in [6.07, 6.45) is 0. The van der Waals surface area contributed by atoms with E-state index < -0.39 is 0 Å². The molecular weight excluding hydrogens is 412 g/mol. The minimum absolute atomic E-state index is 0. The van der Waals surface area contributed by atoms with Crippen molar-refractivity contribution in [3.8, 4) is 0 Å². The zero-order valence-electron chi connectivity index (χ0n) is 13.6. The van der Waals surface area contributed by atoms with Gasteiger partial charge in [-0.05, 0) is 31.0 Å². The van der Waals surface area contributed by atoms with Crippen molar-refractivity contribution in [1.29, 1.82) is 0 Å². The van der Waals surface area contributed by atoms with E-state index in [0.29, 0.717) is 29.8 Å². The van der Waals surface area contributed by atoms with Gasteiger partial charge in [-0.3, -0.25) is 4.99 Å². The van der Waals surface area contributed by atoms with Crippen molar-refractivity contribution in [1.82, 2.24) is 20.8 Å². The minimum atomic E-state index is -0.212. The Balaban J connectivity index is 0.00000264. The van der Waals surface area contributed by atoms with Gasteiger partial charge < -0.3 is 15.2 Å². The van der Waals surface area contributed by atoms with Crippen LogP contribution < -0.4 is 10.6 Å². The Hall–Kier alpha value is -1.71. The maximum Gasteiger partial charge on any atom is 0.223 e. The van der Waals surface area contributed by atoms with Crippen LogP contribution in [0.5, 0.6) is 0 Å². The van der Waals surface area contributed by atoms with Crippen LogP contribution in [-0.4, -0.2) is 23.1 Å². The normalized spacial score (nSPS) is 12.5. The Morgan fingerprint density at radius 1 is 1.39 bits per heavy atom. The van der Waals surface area contributed by atoms with Crippen molar-refractivity contribution < 1.29 is 8.91 Å². The maximum atomic E-state index is 13.6. The summed E-state index contributed by atoms with van der Waals surface area (Å²) in [5.41, 5.74) is 1.48. The first kappa shape index (κ1) is 19.3. The molecule has 126 valence electrons. The van der Waals surface area contributed by atoms with Crippen LogP contribution in [-0.2, 0) is 6.54 Å². The van der Waals surface area contributed by atoms with Gasteiger partial charge in [0.15, 0.2) is 11.8 Å². The molecule has 0 aliphatic carbocycles. The van der Waals surface area contributed by atoms with Gasteiger partial charge in [-0.2, -0.15) is 4.98 Å². The van der Waals surface area contributed by atoms with Crippen LogP contribution in [0.2, 0.25) is 0 Å². The molecule has 0 bridgehead atoms. The lowest BCUT2D eigenvalue weighted by atomic mass is 10.1. The summed E-state index contributed by atoms with van der Waals surface area (Å²) in [7, 11) is 1.67. The summed E-state index contributed by atoms with van der Waals surface area (Å²) in [5, 5.41) is 10.1. The molecule has 1 unspecified atom stereocenters. The van der Waals surface area contributed by atoms with E-state index in [1.165, 1.54) is 6.07 Å². The lowest BCUT2D eigenvalue weighted by Crippen LogP contribution is -2.38. The molecule has 1 heterocycles. The third-order valence-electron chi connectivity index (χ3n) is 3.26. The van der Waals surface area contributed by atoms with Gasteiger partial charge in [0.25, 0.3) is 0 Å². The van der Waals surface area contributed by atoms with E-state index in [9.17, 15) is 4.39 Å². The molecule has 1 aromatic carbocycles. The van der Waals surface area contributed by atoms with Crippen LogP contribution >= 0.6 is 24.0 Å². The average molecular weight is 433 g/mol. The Kier molecular flexibility index (Phi) is 7.40. The molecule has 1 aromatic heterocycles. The quantitative estimate of drug-likeness (QED) is 0.441. The SMILES string of the molecule is CN=C(NCc1noc(C)n1)NC(C)c1ccc(C)c(F)c1.I. The van der Waals surface area contributed by atoms with Crippen LogP contribution in [0.25, 0.3) is 0 Å². The monoisotopic (exact) mass is 433 g/mol. The number of guanidine groups is 1. The number of benzene rings is 1. The molecule has 6 nitrogen and oxygen atoms in total. The van der Waals surface area contributed by atoms with Gasteiger partial charge in [-0.15, -0.1) is 24.0 Å². The van der Waals surface area contributed by atoms with Crippen LogP contribution in [0.15, 0.2) is 27.7 Å². The predicted molar refractivity (Wildman–Crippen MR) is 97.3 cm³/mol. The Bertz CT molecular complexity index is 674. The number of aryl methyl sites for hydroxylation is 2. The fraction of sp³-hybridized carbons (Fsp3) is 0.400. The molecule has 1 atom stereocenters. The first-order valence-electron chi connectivity index (χ1n) is 7.02. The van der Waals surface area contributed by atoms with Crippen molar-refractivity contribution >= 4 is 29.9 Å². The summed E-state index contributed by atoms with van der Waals surface area (Å²) < 4.78 is 18.5. The highest BCUT2D eigenvalue weighted by atomic mass is 127. The molecule has 23 heavy (non-hydrogen) atoms. The third-order valence-corrected chi connectivity index (χ3v) is 3.26. The number of nitrogens with one attached hydrogen (secondary N) is 2. The second-order valence-electron chi connectivity index (χ2n) is 5.03. The van der Waals surface area contributed by atoms with E-state index in [-0.39, 0.29) is 35.8 Å². The Labute approximate surface area is 152 Å². The van der Waals surface area contributed by atoms with Crippen molar-refractivity contribution in [2.24, 2.45) is 4.99 Å². The summed E-state index contributed by atoms with van der Waals surface area (Å²) in [6, 6.07) is 5.10. The zero-order chi connectivity index (χ0) is 16.1. The molecule has 0 aliphatic heterocycles. The highest BCUT2D eigenvalue weighted by Gasteiger charge is 2.10. The fourth-order valence-corrected chi connectivity index (χ4v) is 1.94. The number of rotatable bonds is 4. The molecule has 0 fully saturated rings. The van der Waals surface area contributed by atoms with Crippen molar-refractivity contribution in [3.63, 3.8) is 0 Å². The first-order chi connectivity index (χ1) is 10.5. The van der Waals surface area contributed by atoms with E-state index in [1.807, 2.05) is 13.0 Å². The summed E-state index contributed by atoms with van der Waals surface area (Å²) in [5.74, 6) is 1.44. The lowest BCUT2D eigenvalue weighted by molar-refractivity contribution is 0.386. The van der Waals surface area contributed by atoms with Gasteiger partial charge in [-0.25, -0.2) is 4.39 Å². The topological polar surface area (TPSA) is 75.3 Å². The van der Waals surface area contributed by atoms with E-state index in [4.69, 9.17) is 4.52 Å². The van der Waals surface area contributed by atoms with Crippen LogP contribution in [0, 0.1) is 19.7 Å². The number of hydrogen-bond acceptors (Lipinski definition) is 4. The number of halogens is 2. The van der Waals surface area contributed by atoms with Gasteiger partial charge in [0.2, 0.25) is 5.89 Å². The zero-order valence-corrected chi connectivity index (χ0v) is 15.9. The second-order valence-corrected chi connectivity index (χ2v) is 5.03. The van der Waals surface area contributed by atoms with E-state index in [2.05, 4.69) is 25.8 Å². The molecular formula is C15H21FIN5O. The van der Waals surface area contributed by atoms with Gasteiger partial charge in [0.1, 0.15) is 5.82 Å². The van der Waals surface area contributed by atoms with Gasteiger partial charge >= 0.3 is 0 Å². The maximum absolute atomic E-state index is 13.6. The molecule has 0 radical (unpaired) electrons. The summed E-state index contributed by atoms with van der Waals surface area (Å²) in [6.45, 7) is 5.81. The number of aliphatic imine (C=N–C) groups is 1. The molecule has 2 N–H and O–H groups in total. The van der Waals surface area contributed by atoms with E-state index >= 15 is 0 Å². The predicted octanol–water partition coefficient (Wildman–Crippen LogP) is 2.87. The van der Waals surface area contributed by atoms with Crippen molar-refractivity contribution in [3.05, 3.63) is 46.9 Å². The van der Waals surface area contributed by atoms with Gasteiger partial charge in [0.05, 0.1) is 12.6 Å². The van der Waals surface area contributed by atoms with Gasteiger partial charge in [0, 0.05) is 14.0 Å². The third kappa shape index (κ3) is 5.45. The second kappa shape index (κ2) is 8.80. The van der Waals surface area contributed by atoms with Crippen LogP contribution in [0.3, 0.4) is 0 Å². The molecule has 2 rings (SSSR count). The molecule has 2 aromatic rings. The van der Waals surface area contributed by atoms with Crippen molar-refractivity contribution in [2.75, 3.05) is 7.05 Å². The molecule has 0 saturated heterocycles. The first-order valence-corrected chi connectivity index (χ1v) is 7.02. The smallest absolute Gasteiger partial charge is 0.223 e. The molecule has 0 spiro atoms. The van der Waals surface area contributed by atoms with E-state index in [1.54, 1.807) is 27.0 Å². The highest BCUT2D eigenvalue weighted by Crippen LogP contribution is 2.16. The molecule has 0 saturated carbocycles. The largest absolute Gasteiger partial charge is 0.350 e. The van der Waals surface area contributed by atoms with Crippen LogP contribution in [0.4, 0.5) is 4.39 Å². The van der Waals surface area contributed by atoms with Crippen molar-refractivity contribution in [2.45, 2.75) is 33.4 Å². The number of nitrogens with zero attached hydrogens (tertiary/aromatic N) is 3. The lowest BCUT2D eigenvalue weighted by Gasteiger charge is -2.18. The Morgan fingerprint density at radius 2 is 2.13 bits per heavy atom. The van der Waals surface area contributed by atoms with Crippen LogP contribution in [0.1, 0.15) is 35.8 Å².